The van der Waals surface area contributed by atoms with E-state index >= 15 is 0 Å². The van der Waals surface area contributed by atoms with Gasteiger partial charge >= 0.3 is 5.97 Å². The molecule has 0 aliphatic carbocycles. The average molecular weight is 387 g/mol. The molecule has 0 aromatic carbocycles. The number of aromatic nitrogens is 1. The van der Waals surface area contributed by atoms with Crippen LogP contribution in [0.5, 0.6) is 0 Å². The van der Waals surface area contributed by atoms with Crippen molar-refractivity contribution in [3.8, 4) is 0 Å². The van der Waals surface area contributed by atoms with Gasteiger partial charge in [0.1, 0.15) is 11.9 Å². The molecule has 0 amide bonds. The largest absolute Gasteiger partial charge is 0.480 e. The summed E-state index contributed by atoms with van der Waals surface area (Å²) in [4.78, 5) is 17.7. The fourth-order valence-electron chi connectivity index (χ4n) is 3.27. The van der Waals surface area contributed by atoms with E-state index in [9.17, 15) is 18.3 Å². The minimum absolute atomic E-state index is 0.278. The first-order valence-corrected chi connectivity index (χ1v) is 9.81. The molecule has 0 radical (unpaired) electrons. The molecule has 2 fully saturated rings. The third-order valence-corrected chi connectivity index (χ3v) is 6.62. The summed E-state index contributed by atoms with van der Waals surface area (Å²) in [5.41, 5.74) is 0. The second kappa shape index (κ2) is 9.24. The van der Waals surface area contributed by atoms with Gasteiger partial charge in [-0.1, -0.05) is 6.07 Å². The van der Waals surface area contributed by atoms with Gasteiger partial charge in [0.2, 0.25) is 0 Å². The van der Waals surface area contributed by atoms with Crippen LogP contribution >= 0.6 is 0 Å². The molecular weight excluding hydrogens is 362 g/mol. The summed E-state index contributed by atoms with van der Waals surface area (Å²) >= 11 is 0. The molecule has 2 saturated heterocycles. The van der Waals surface area contributed by atoms with Crippen LogP contribution in [0.25, 0.3) is 0 Å². The number of nitrogens with zero attached hydrogens (tertiary/aromatic N) is 4. The number of aliphatic carboxylic acids is 1. The van der Waals surface area contributed by atoms with Crippen LogP contribution in [-0.2, 0) is 15.0 Å². The number of rotatable bonds is 4. The number of piperidine rings is 1. The van der Waals surface area contributed by atoms with Crippen LogP contribution in [0.4, 0.5) is 5.82 Å². The van der Waals surface area contributed by atoms with E-state index in [0.717, 1.165) is 16.5 Å². The van der Waals surface area contributed by atoms with E-state index in [0.29, 0.717) is 39.0 Å². The molecule has 2 aliphatic rings. The first-order valence-electron chi connectivity index (χ1n) is 8.41. The van der Waals surface area contributed by atoms with Crippen molar-refractivity contribution in [2.24, 2.45) is 5.90 Å². The number of piperazine rings is 1. The molecule has 0 saturated carbocycles. The highest BCUT2D eigenvalue weighted by molar-refractivity contribution is 7.86. The van der Waals surface area contributed by atoms with Gasteiger partial charge in [-0.15, -0.1) is 0 Å². The zero-order valence-corrected chi connectivity index (χ0v) is 15.3. The van der Waals surface area contributed by atoms with E-state index < -0.39 is 22.2 Å². The van der Waals surface area contributed by atoms with Gasteiger partial charge in [0.15, 0.2) is 0 Å². The Morgan fingerprint density at radius 2 is 1.81 bits per heavy atom. The predicted molar refractivity (Wildman–Crippen MR) is 94.9 cm³/mol. The van der Waals surface area contributed by atoms with E-state index in [2.05, 4.69) is 10.9 Å². The Bertz CT molecular complexity index is 679. The first-order chi connectivity index (χ1) is 12.5. The third-order valence-electron chi connectivity index (χ3n) is 4.57. The van der Waals surface area contributed by atoms with E-state index in [-0.39, 0.29) is 6.54 Å². The number of carbonyl (C=O) groups is 1. The molecule has 0 spiro atoms. The summed E-state index contributed by atoms with van der Waals surface area (Å²) in [7, 11) is -3.75. The van der Waals surface area contributed by atoms with Crippen LogP contribution in [0.3, 0.4) is 0 Å². The van der Waals surface area contributed by atoms with Gasteiger partial charge in [-0.05, 0) is 31.4 Å². The highest BCUT2D eigenvalue weighted by Crippen LogP contribution is 2.24. The molecule has 1 aromatic heterocycles. The van der Waals surface area contributed by atoms with Gasteiger partial charge in [0.25, 0.3) is 10.2 Å². The van der Waals surface area contributed by atoms with Crippen molar-refractivity contribution < 1.29 is 23.5 Å². The van der Waals surface area contributed by atoms with Crippen molar-refractivity contribution in [3.05, 3.63) is 24.4 Å². The van der Waals surface area contributed by atoms with E-state index in [1.165, 1.54) is 4.31 Å². The Kier molecular flexibility index (Phi) is 7.29. The molecule has 1 atom stereocenters. The molecule has 26 heavy (non-hydrogen) atoms. The van der Waals surface area contributed by atoms with E-state index in [1.807, 2.05) is 23.1 Å². The van der Waals surface area contributed by atoms with Crippen LogP contribution in [0.15, 0.2) is 24.4 Å². The van der Waals surface area contributed by atoms with Gasteiger partial charge in [0.05, 0.1) is 0 Å². The Labute approximate surface area is 153 Å². The summed E-state index contributed by atoms with van der Waals surface area (Å²) in [6.07, 6.45) is 3.54. The maximum atomic E-state index is 12.9. The topological polar surface area (TPSA) is 140 Å². The number of pyridine rings is 1. The molecule has 1 unspecified atom stereocenters. The summed E-state index contributed by atoms with van der Waals surface area (Å²) in [6, 6.07) is 4.69. The van der Waals surface area contributed by atoms with Crippen molar-refractivity contribution in [2.75, 3.05) is 37.6 Å². The van der Waals surface area contributed by atoms with Gasteiger partial charge in [-0.25, -0.2) is 10.9 Å². The lowest BCUT2D eigenvalue weighted by atomic mass is 10.1. The van der Waals surface area contributed by atoms with Crippen LogP contribution in [0, 0.1) is 0 Å². The quantitative estimate of drug-likeness (QED) is 0.599. The first kappa shape index (κ1) is 20.5. The van der Waals surface area contributed by atoms with Crippen LogP contribution < -0.4 is 10.8 Å². The Hall–Kier alpha value is -1.79. The lowest BCUT2D eigenvalue weighted by molar-refractivity contribution is -0.142. The molecule has 10 nitrogen and oxygen atoms in total. The Morgan fingerprint density at radius 1 is 1.12 bits per heavy atom. The molecule has 1 aromatic rings. The van der Waals surface area contributed by atoms with Gasteiger partial charge < -0.3 is 15.2 Å². The van der Waals surface area contributed by atoms with Gasteiger partial charge in [0, 0.05) is 38.9 Å². The molecule has 3 rings (SSSR count). The highest BCUT2D eigenvalue weighted by atomic mass is 32.2. The second-order valence-electron chi connectivity index (χ2n) is 6.04. The number of anilines is 1. The number of carboxylic acids is 1. The summed E-state index contributed by atoms with van der Waals surface area (Å²) in [5, 5.41) is 15.8. The second-order valence-corrected chi connectivity index (χ2v) is 7.92. The van der Waals surface area contributed by atoms with Crippen molar-refractivity contribution in [1.29, 1.82) is 0 Å². The van der Waals surface area contributed by atoms with Gasteiger partial charge in [-0.2, -0.15) is 17.0 Å². The lowest BCUT2D eigenvalue weighted by Crippen LogP contribution is -2.57. The normalized spacial score (nSPS) is 22.4. The van der Waals surface area contributed by atoms with Crippen molar-refractivity contribution in [3.63, 3.8) is 0 Å². The standard InChI is InChI=1S/C15H22N4O4S.H3NO/c20-15(21)13-5-2-4-8-19(13)24(22,23)18-11-9-17(10-12-18)14-6-1-3-7-16-14;1-2/h1,3,6-7,13H,2,4-5,8-12H2,(H,20,21);2H,1H2. The maximum absolute atomic E-state index is 12.9. The third kappa shape index (κ3) is 4.48. The molecule has 4 N–H and O–H groups in total. The van der Waals surface area contributed by atoms with Crippen LogP contribution in [0.1, 0.15) is 19.3 Å². The summed E-state index contributed by atoms with van der Waals surface area (Å²) < 4.78 is 28.3. The average Bonchev–Trinajstić information content (AvgIpc) is 2.70. The minimum atomic E-state index is -3.75. The fraction of sp³-hybridized carbons (Fsp3) is 0.600. The summed E-state index contributed by atoms with van der Waals surface area (Å²) in [5.74, 6) is 3.27. The van der Waals surface area contributed by atoms with Crippen LogP contribution in [-0.4, -0.2) is 77.1 Å². The molecule has 0 bridgehead atoms. The minimum Gasteiger partial charge on any atom is -0.480 e. The predicted octanol–water partition coefficient (Wildman–Crippen LogP) is -0.278. The molecule has 3 heterocycles. The number of hydrogen-bond donors (Lipinski definition) is 3. The zero-order chi connectivity index (χ0) is 19.2. The number of nitrogens with two attached hydrogens (primary N) is 1. The summed E-state index contributed by atoms with van der Waals surface area (Å²) in [6.45, 7) is 2.03. The fourth-order valence-corrected chi connectivity index (χ4v) is 5.06. The van der Waals surface area contributed by atoms with Gasteiger partial charge in [-0.3, -0.25) is 4.79 Å². The molecular formula is C15H25N5O5S. The highest BCUT2D eigenvalue weighted by Gasteiger charge is 2.40. The Balaban J connectivity index is 0.00000117. The van der Waals surface area contributed by atoms with E-state index in [1.54, 1.807) is 6.20 Å². The smallest absolute Gasteiger partial charge is 0.322 e. The monoisotopic (exact) mass is 387 g/mol. The van der Waals surface area contributed by atoms with E-state index in [4.69, 9.17) is 5.21 Å². The lowest BCUT2D eigenvalue weighted by Gasteiger charge is -2.39. The molecule has 146 valence electrons. The van der Waals surface area contributed by atoms with Crippen molar-refractivity contribution in [2.45, 2.75) is 25.3 Å². The maximum Gasteiger partial charge on any atom is 0.322 e. The molecule has 2 aliphatic heterocycles. The zero-order valence-electron chi connectivity index (χ0n) is 14.4. The molecule has 11 heteroatoms. The Morgan fingerprint density at radius 3 is 2.38 bits per heavy atom. The van der Waals surface area contributed by atoms with Crippen LogP contribution in [0.2, 0.25) is 0 Å². The number of hydrogen-bond acceptors (Lipinski definition) is 7. The van der Waals surface area contributed by atoms with Crippen molar-refractivity contribution in [1.82, 2.24) is 13.6 Å². The van der Waals surface area contributed by atoms with Crippen molar-refractivity contribution >= 4 is 22.0 Å². The number of carboxylic acid groups (broad SMARTS) is 1. The SMILES string of the molecule is NO.O=C(O)C1CCCCN1S(=O)(=O)N1CCN(c2ccccn2)CC1.